The number of nitrogen functional groups attached to an aromatic ring is 1. The molecular formula is C13H23N3O5. The maximum Gasteiger partial charge on any atom is 0.361 e. The minimum atomic E-state index is -0.513. The molecule has 0 amide bonds. The number of rotatable bonds is 11. The molecule has 0 radical (unpaired) electrons. The van der Waals surface area contributed by atoms with Crippen LogP contribution in [0.4, 0.5) is 5.69 Å². The van der Waals surface area contributed by atoms with E-state index in [2.05, 4.69) is 5.10 Å². The number of carbonyl (C=O) groups is 1. The lowest BCUT2D eigenvalue weighted by Crippen LogP contribution is -2.13. The van der Waals surface area contributed by atoms with E-state index in [1.807, 2.05) is 0 Å². The molecular weight excluding hydrogens is 278 g/mol. The summed E-state index contributed by atoms with van der Waals surface area (Å²) in [6.45, 7) is 5.11. The highest BCUT2D eigenvalue weighted by Crippen LogP contribution is 2.10. The highest BCUT2D eigenvalue weighted by Gasteiger charge is 2.15. The fraction of sp³-hybridized carbons (Fsp3) is 0.692. The molecule has 120 valence electrons. The second kappa shape index (κ2) is 10.1. The summed E-state index contributed by atoms with van der Waals surface area (Å²) in [7, 11) is 1.63. The third kappa shape index (κ3) is 6.56. The number of ether oxygens (including phenoxy) is 4. The van der Waals surface area contributed by atoms with Crippen molar-refractivity contribution in [3.63, 3.8) is 0 Å². The van der Waals surface area contributed by atoms with Gasteiger partial charge in [-0.1, -0.05) is 0 Å². The summed E-state index contributed by atoms with van der Waals surface area (Å²) in [6, 6.07) is 0. The van der Waals surface area contributed by atoms with Crippen molar-refractivity contribution in [2.24, 2.45) is 0 Å². The zero-order chi connectivity index (χ0) is 15.5. The fourth-order valence-electron chi connectivity index (χ4n) is 1.53. The molecule has 1 aromatic rings. The molecule has 8 heteroatoms. The molecule has 1 aromatic heterocycles. The van der Waals surface area contributed by atoms with E-state index in [1.54, 1.807) is 24.9 Å². The van der Waals surface area contributed by atoms with Crippen LogP contribution in [0.3, 0.4) is 0 Å². The largest absolute Gasteiger partial charge is 0.461 e. The number of carbonyl (C=O) groups excluding carboxylic acids is 1. The lowest BCUT2D eigenvalue weighted by molar-refractivity contribution is 0.0225. The number of hydrogen-bond acceptors (Lipinski definition) is 7. The van der Waals surface area contributed by atoms with E-state index in [0.29, 0.717) is 45.3 Å². The molecule has 0 fully saturated rings. The third-order valence-corrected chi connectivity index (χ3v) is 2.53. The zero-order valence-corrected chi connectivity index (χ0v) is 12.5. The van der Waals surface area contributed by atoms with Gasteiger partial charge in [-0.3, -0.25) is 4.68 Å². The van der Waals surface area contributed by atoms with Gasteiger partial charge in [-0.15, -0.1) is 0 Å². The average molecular weight is 301 g/mol. The Morgan fingerprint density at radius 2 is 1.90 bits per heavy atom. The molecule has 1 rings (SSSR count). The normalized spacial score (nSPS) is 10.8. The number of nitrogens with zero attached hydrogens (tertiary/aromatic N) is 2. The highest BCUT2D eigenvalue weighted by molar-refractivity contribution is 5.92. The standard InChI is InChI=1S/C13H23N3O5/c1-3-21-13(17)12-11(14)10-16(15-12)4-5-19-8-9-20-7-6-18-2/h10H,3-9,14H2,1-2H3. The second-order valence-corrected chi connectivity index (χ2v) is 4.13. The van der Waals surface area contributed by atoms with Gasteiger partial charge >= 0.3 is 5.97 Å². The van der Waals surface area contributed by atoms with Crippen molar-refractivity contribution >= 4 is 11.7 Å². The van der Waals surface area contributed by atoms with Crippen LogP contribution in [-0.4, -0.2) is 62.5 Å². The Bertz CT molecular complexity index is 422. The first-order valence-corrected chi connectivity index (χ1v) is 6.83. The molecule has 8 nitrogen and oxygen atoms in total. The number of aromatic nitrogens is 2. The lowest BCUT2D eigenvalue weighted by atomic mass is 10.4. The van der Waals surface area contributed by atoms with Crippen LogP contribution >= 0.6 is 0 Å². The molecule has 0 aliphatic rings. The van der Waals surface area contributed by atoms with Crippen molar-refractivity contribution < 1.29 is 23.7 Å². The predicted octanol–water partition coefficient (Wildman–Crippen LogP) is 0.322. The minimum absolute atomic E-state index is 0.139. The first kappa shape index (κ1) is 17.4. The molecule has 0 saturated heterocycles. The van der Waals surface area contributed by atoms with Gasteiger partial charge in [0.1, 0.15) is 0 Å². The summed E-state index contributed by atoms with van der Waals surface area (Å²) in [4.78, 5) is 11.5. The van der Waals surface area contributed by atoms with Crippen LogP contribution in [0, 0.1) is 0 Å². The van der Waals surface area contributed by atoms with Crippen molar-refractivity contribution in [2.75, 3.05) is 52.5 Å². The Hall–Kier alpha value is -1.64. The van der Waals surface area contributed by atoms with Gasteiger partial charge in [-0.05, 0) is 6.92 Å². The molecule has 0 spiro atoms. The van der Waals surface area contributed by atoms with E-state index >= 15 is 0 Å². The Labute approximate surface area is 124 Å². The minimum Gasteiger partial charge on any atom is -0.461 e. The maximum absolute atomic E-state index is 11.5. The first-order valence-electron chi connectivity index (χ1n) is 6.83. The summed E-state index contributed by atoms with van der Waals surface area (Å²) in [5.74, 6) is -0.513. The van der Waals surface area contributed by atoms with E-state index < -0.39 is 5.97 Å². The summed E-state index contributed by atoms with van der Waals surface area (Å²) in [5, 5.41) is 4.08. The highest BCUT2D eigenvalue weighted by atomic mass is 16.5. The van der Waals surface area contributed by atoms with Crippen LogP contribution in [0.5, 0.6) is 0 Å². The van der Waals surface area contributed by atoms with E-state index in [4.69, 9.17) is 24.7 Å². The molecule has 0 aromatic carbocycles. The Morgan fingerprint density at radius 3 is 2.57 bits per heavy atom. The summed E-state index contributed by atoms with van der Waals surface area (Å²) < 4.78 is 21.9. The summed E-state index contributed by atoms with van der Waals surface area (Å²) in [6.07, 6.45) is 1.59. The number of nitrogens with two attached hydrogens (primary N) is 1. The molecule has 0 aliphatic carbocycles. The van der Waals surface area contributed by atoms with Crippen LogP contribution in [0.15, 0.2) is 6.20 Å². The van der Waals surface area contributed by atoms with Gasteiger partial charge in [0.05, 0.1) is 51.9 Å². The van der Waals surface area contributed by atoms with Crippen LogP contribution in [0.25, 0.3) is 0 Å². The van der Waals surface area contributed by atoms with Gasteiger partial charge in [0, 0.05) is 13.3 Å². The Kier molecular flexibility index (Phi) is 8.41. The number of esters is 1. The molecule has 1 heterocycles. The van der Waals surface area contributed by atoms with Crippen molar-refractivity contribution in [1.29, 1.82) is 0 Å². The van der Waals surface area contributed by atoms with E-state index in [1.165, 1.54) is 0 Å². The van der Waals surface area contributed by atoms with Gasteiger partial charge in [-0.2, -0.15) is 5.10 Å². The van der Waals surface area contributed by atoms with Gasteiger partial charge in [0.15, 0.2) is 5.69 Å². The molecule has 2 N–H and O–H groups in total. The average Bonchev–Trinajstić information content (AvgIpc) is 2.83. The predicted molar refractivity (Wildman–Crippen MR) is 76.1 cm³/mol. The van der Waals surface area contributed by atoms with E-state index in [9.17, 15) is 4.79 Å². The van der Waals surface area contributed by atoms with Crippen LogP contribution in [-0.2, 0) is 25.5 Å². The Morgan fingerprint density at radius 1 is 1.24 bits per heavy atom. The van der Waals surface area contributed by atoms with Gasteiger partial charge in [-0.25, -0.2) is 4.79 Å². The van der Waals surface area contributed by atoms with Gasteiger partial charge < -0.3 is 24.7 Å². The van der Waals surface area contributed by atoms with Crippen molar-refractivity contribution in [1.82, 2.24) is 9.78 Å². The SMILES string of the molecule is CCOC(=O)c1nn(CCOCCOCCOC)cc1N. The van der Waals surface area contributed by atoms with Crippen LogP contribution in [0.1, 0.15) is 17.4 Å². The lowest BCUT2D eigenvalue weighted by Gasteiger charge is -2.05. The smallest absolute Gasteiger partial charge is 0.361 e. The monoisotopic (exact) mass is 301 g/mol. The fourth-order valence-corrected chi connectivity index (χ4v) is 1.53. The van der Waals surface area contributed by atoms with Gasteiger partial charge in [0.2, 0.25) is 0 Å². The van der Waals surface area contributed by atoms with Crippen molar-refractivity contribution in [3.8, 4) is 0 Å². The van der Waals surface area contributed by atoms with E-state index in [-0.39, 0.29) is 12.3 Å². The second-order valence-electron chi connectivity index (χ2n) is 4.13. The topological polar surface area (TPSA) is 97.8 Å². The Balaban J connectivity index is 2.21. The quantitative estimate of drug-likeness (QED) is 0.464. The molecule has 0 saturated carbocycles. The van der Waals surface area contributed by atoms with Gasteiger partial charge in [0.25, 0.3) is 0 Å². The molecule has 21 heavy (non-hydrogen) atoms. The van der Waals surface area contributed by atoms with Crippen molar-refractivity contribution in [2.45, 2.75) is 13.5 Å². The number of hydrogen-bond donors (Lipinski definition) is 1. The number of methoxy groups -OCH3 is 1. The molecule has 0 bridgehead atoms. The molecule has 0 atom stereocenters. The van der Waals surface area contributed by atoms with Crippen molar-refractivity contribution in [3.05, 3.63) is 11.9 Å². The molecule has 0 unspecified atom stereocenters. The van der Waals surface area contributed by atoms with E-state index in [0.717, 1.165) is 0 Å². The van der Waals surface area contributed by atoms with Crippen LogP contribution < -0.4 is 5.73 Å². The number of anilines is 1. The maximum atomic E-state index is 11.5. The third-order valence-electron chi connectivity index (χ3n) is 2.53. The van der Waals surface area contributed by atoms with Crippen LogP contribution in [0.2, 0.25) is 0 Å². The molecule has 0 aliphatic heterocycles. The first-order chi connectivity index (χ1) is 10.2. The summed E-state index contributed by atoms with van der Waals surface area (Å²) in [5.41, 5.74) is 6.16. The summed E-state index contributed by atoms with van der Waals surface area (Å²) >= 11 is 0. The zero-order valence-electron chi connectivity index (χ0n) is 12.5.